The van der Waals surface area contributed by atoms with Gasteiger partial charge in [0.15, 0.2) is 11.7 Å². The number of carbonyl (C=O) groups excluding carboxylic acids is 1. The Bertz CT molecular complexity index is 2640. The van der Waals surface area contributed by atoms with Crippen LogP contribution in [-0.4, -0.2) is 119 Å². The van der Waals surface area contributed by atoms with Crippen molar-refractivity contribution < 1.29 is 35.4 Å². The number of nitrogens with two attached hydrogens (primary N) is 1. The molecule has 10 N–H and O–H groups in total. The predicted molar refractivity (Wildman–Crippen MR) is 312 cm³/mol. The zero-order chi connectivity index (χ0) is 55.2. The summed E-state index contributed by atoms with van der Waals surface area (Å²) in [5.41, 5.74) is 9.90. The van der Waals surface area contributed by atoms with Crippen LogP contribution in [0.2, 0.25) is 0 Å². The van der Waals surface area contributed by atoms with Crippen LogP contribution in [0.25, 0.3) is 0 Å². The first-order chi connectivity index (χ1) is 37.8. The molecule has 0 radical (unpaired) electrons. The quantitative estimate of drug-likeness (QED) is 0.0411. The van der Waals surface area contributed by atoms with Crippen molar-refractivity contribution in [2.45, 2.75) is 210 Å². The van der Waals surface area contributed by atoms with E-state index in [0.717, 1.165) is 89.2 Å². The van der Waals surface area contributed by atoms with Crippen LogP contribution < -0.4 is 16.4 Å². The molecule has 11 aliphatic carbocycles. The predicted octanol–water partition coefficient (Wildman–Crippen LogP) is 8.80. The van der Waals surface area contributed by atoms with Crippen molar-refractivity contribution in [2.24, 2.45) is 97.0 Å². The Kier molecular flexibility index (Phi) is 14.3. The maximum Gasteiger partial charge on any atom is 0.190 e. The number of nitrogens with zero attached hydrogens (tertiary/aromatic N) is 3. The monoisotopic (exact) mass is 1120 g/mol. The van der Waals surface area contributed by atoms with Crippen molar-refractivity contribution in [3.63, 3.8) is 0 Å². The van der Waals surface area contributed by atoms with E-state index in [1.165, 1.54) is 44.1 Å². The first-order valence-corrected chi connectivity index (χ1v) is 33.9. The number of guanidine groups is 1. The number of allylic oxidation sites excluding steroid dienone is 3. The van der Waals surface area contributed by atoms with Gasteiger partial charge in [-0.2, -0.15) is 0 Å². The lowest BCUT2D eigenvalue weighted by molar-refractivity contribution is -0.198. The lowest BCUT2D eigenvalue weighted by Crippen LogP contribution is -2.70. The highest BCUT2D eigenvalue weighted by Gasteiger charge is 2.80. The molecular weight excluding hydrogens is 1030 g/mol. The summed E-state index contributed by atoms with van der Waals surface area (Å²) in [6.07, 6.45) is 26.6. The summed E-state index contributed by atoms with van der Waals surface area (Å²) in [6.45, 7) is 9.00. The molecule has 0 amide bonds. The number of hydrogen-bond acceptors (Lipinski definition) is 12. The smallest absolute Gasteiger partial charge is 0.190 e. The van der Waals surface area contributed by atoms with E-state index in [1.807, 2.05) is 36.4 Å². The third-order valence-electron chi connectivity index (χ3n) is 25.6. The first-order valence-electron chi connectivity index (χ1n) is 31.6. The topological polar surface area (TPSA) is 219 Å². The van der Waals surface area contributed by atoms with E-state index in [1.54, 1.807) is 23.6 Å². The second-order valence-corrected chi connectivity index (χ2v) is 32.2. The number of hydrogen-bond donors (Lipinski definition) is 9. The molecule has 0 aromatic carbocycles. The molecule has 4 bridgehead atoms. The van der Waals surface area contributed by atoms with Crippen LogP contribution in [0.3, 0.4) is 0 Å². The molecule has 12 aliphatic rings. The van der Waals surface area contributed by atoms with Gasteiger partial charge in [0.2, 0.25) is 0 Å². The zero-order valence-corrected chi connectivity index (χ0v) is 49.8. The Hall–Kier alpha value is -2.21. The number of ketones is 1. The van der Waals surface area contributed by atoms with Gasteiger partial charge in [0.25, 0.3) is 0 Å². The Labute approximate surface area is 478 Å². The minimum absolute atomic E-state index is 0.0685. The zero-order valence-electron chi connectivity index (χ0n) is 48.2. The van der Waals surface area contributed by atoms with Crippen molar-refractivity contribution in [3.8, 4) is 0 Å². The normalized spacial score (nSPS) is 46.2. The summed E-state index contributed by atoms with van der Waals surface area (Å²) in [7, 11) is 5.88. The van der Waals surface area contributed by atoms with Crippen molar-refractivity contribution in [2.75, 3.05) is 32.5 Å². The summed E-state index contributed by atoms with van der Waals surface area (Å²) in [5, 5.41) is 83.8. The van der Waals surface area contributed by atoms with Gasteiger partial charge in [-0.1, -0.05) is 96.8 Å². The molecule has 8 saturated carbocycles. The van der Waals surface area contributed by atoms with E-state index in [9.17, 15) is 25.5 Å². The lowest BCUT2D eigenvalue weighted by Gasteiger charge is -2.66. The number of aliphatic hydroxyl groups excluding tert-OH is 5. The van der Waals surface area contributed by atoms with E-state index in [0.29, 0.717) is 36.8 Å². The van der Waals surface area contributed by atoms with Gasteiger partial charge in [-0.15, -0.1) is 0 Å². The highest BCUT2D eigenvalue weighted by atomic mass is 33.1. The molecule has 436 valence electrons. The SMILES string of the molecule is CNCC1C(O)C(O)CC2(C)C3C(=CC(=O)C12)C1(O)C2CC(C4CC5CCCC6=C5C(C(=C5CCCC7(CCCC7)C65)C(C)(C)CC(n5ccnc5)CSSC25CCCC52CCCC2)C4O)C1(CO)CC3CN=C(N)NC(C)O. The van der Waals surface area contributed by atoms with Crippen LogP contribution in [0.4, 0.5) is 0 Å². The van der Waals surface area contributed by atoms with E-state index in [-0.39, 0.29) is 83.2 Å². The molecular formula is C64H96N6O7S2. The summed E-state index contributed by atoms with van der Waals surface area (Å²) in [4.78, 5) is 25.5. The van der Waals surface area contributed by atoms with Gasteiger partial charge in [0, 0.05) is 77.0 Å². The second kappa shape index (κ2) is 20.2. The Morgan fingerprint density at radius 1 is 0.924 bits per heavy atom. The third-order valence-corrected chi connectivity index (χ3v) is 29.2. The maximum atomic E-state index is 15.8. The average Bonchev–Trinajstić information content (AvgIpc) is 2.36. The molecule has 3 spiro atoms. The number of aliphatic hydroxyl groups is 6. The van der Waals surface area contributed by atoms with Crippen LogP contribution in [0.15, 0.2) is 57.7 Å². The fourth-order valence-electron chi connectivity index (χ4n) is 23.4. The summed E-state index contributed by atoms with van der Waals surface area (Å²) >= 11 is 0. The molecule has 79 heavy (non-hydrogen) atoms. The number of imidazole rings is 1. The van der Waals surface area contributed by atoms with Crippen LogP contribution in [0.1, 0.15) is 175 Å². The number of aromatic nitrogens is 2. The van der Waals surface area contributed by atoms with Crippen molar-refractivity contribution in [1.82, 2.24) is 20.2 Å². The van der Waals surface area contributed by atoms with Gasteiger partial charge in [0.05, 0.1) is 36.8 Å². The van der Waals surface area contributed by atoms with Gasteiger partial charge in [-0.3, -0.25) is 9.79 Å². The van der Waals surface area contributed by atoms with Crippen LogP contribution in [0.5, 0.6) is 0 Å². The van der Waals surface area contributed by atoms with Gasteiger partial charge in [-0.25, -0.2) is 4.98 Å². The third kappa shape index (κ3) is 8.02. The largest absolute Gasteiger partial charge is 0.396 e. The van der Waals surface area contributed by atoms with Crippen molar-refractivity contribution in [3.05, 3.63) is 52.7 Å². The van der Waals surface area contributed by atoms with E-state index in [2.05, 4.69) is 57.9 Å². The molecule has 13 nitrogen and oxygen atoms in total. The van der Waals surface area contributed by atoms with Gasteiger partial charge >= 0.3 is 0 Å². The molecule has 1 aromatic heterocycles. The van der Waals surface area contributed by atoms with E-state index >= 15 is 9.90 Å². The Balaban J connectivity index is 1.06. The lowest BCUT2D eigenvalue weighted by atomic mass is 9.40. The van der Waals surface area contributed by atoms with Crippen molar-refractivity contribution >= 4 is 33.3 Å². The average molecular weight is 1130 g/mol. The number of aliphatic imine (C=N–C) groups is 1. The molecule has 19 atom stereocenters. The molecule has 15 heteroatoms. The standard InChI is InChI=1S/C64H96N6O7S2/c1-36(72)69-57(65)68-31-38-28-62(34-71)44-27-48(64(62,77)45-26-46(73)53-43(32-66-5)55(75)47(74)30-59(53,4)51(38)45)63(22-12-21-61(63)19-8-9-20-61)79-78-33-39(70-24-23-67-35-70)29-58(2,3)54-41-15-11-18-60(16-6-7-17-60)52(41)40-14-10-13-37-25-42(44)56(76)50(54)49(37)40/h23-24,26,35-39,42-44,47-48,50-53,55-56,66,71-72,74-77H,6-22,25,27-34H2,1-5H3,(H3,65,68,69). The van der Waals surface area contributed by atoms with Crippen LogP contribution >= 0.6 is 21.6 Å². The summed E-state index contributed by atoms with van der Waals surface area (Å²) < 4.78 is 1.94. The minimum Gasteiger partial charge on any atom is -0.396 e. The van der Waals surface area contributed by atoms with Crippen LogP contribution in [-0.2, 0) is 4.79 Å². The highest BCUT2D eigenvalue weighted by molar-refractivity contribution is 8.77. The van der Waals surface area contributed by atoms with Crippen molar-refractivity contribution in [1.29, 1.82) is 0 Å². The summed E-state index contributed by atoms with van der Waals surface area (Å²) in [6, 6.07) is 0.127. The molecule has 13 rings (SSSR count). The first kappa shape index (κ1) is 56.0. The molecule has 19 unspecified atom stereocenters. The summed E-state index contributed by atoms with van der Waals surface area (Å²) in [5.74, 6) is -1.55. The molecule has 1 saturated heterocycles. The number of rotatable bonds is 7. The molecule has 9 fully saturated rings. The highest BCUT2D eigenvalue weighted by Crippen LogP contribution is 2.80. The Morgan fingerprint density at radius 3 is 2.38 bits per heavy atom. The molecule has 1 aromatic rings. The molecule has 1 aliphatic heterocycles. The number of nitrogens with one attached hydrogen (secondary N) is 2. The Morgan fingerprint density at radius 2 is 1.66 bits per heavy atom. The van der Waals surface area contributed by atoms with Gasteiger partial charge in [0.1, 0.15) is 6.23 Å². The van der Waals surface area contributed by atoms with Gasteiger partial charge in [-0.05, 0) is 186 Å². The minimum atomic E-state index is -1.68. The van der Waals surface area contributed by atoms with Gasteiger partial charge < -0.3 is 51.6 Å². The number of fused-ring (bicyclic) bond motifs is 16. The van der Waals surface area contributed by atoms with Crippen LogP contribution in [0, 0.1) is 86.3 Å². The fraction of sp³-hybridized carbons (Fsp3) is 0.828. The second-order valence-electron chi connectivity index (χ2n) is 29.5. The van der Waals surface area contributed by atoms with E-state index in [4.69, 9.17) is 10.7 Å². The maximum absolute atomic E-state index is 15.8. The molecule has 2 heterocycles. The fourth-order valence-corrected chi connectivity index (χ4v) is 27.6. The van der Waals surface area contributed by atoms with E-state index < -0.39 is 63.5 Å². The number of carbonyl (C=O) groups is 1.